The fraction of sp³-hybridized carbons (Fsp3) is 0.462. The summed E-state index contributed by atoms with van der Waals surface area (Å²) < 4.78 is 51.3. The molecule has 0 saturated heterocycles. The third-order valence-corrected chi connectivity index (χ3v) is 3.08. The summed E-state index contributed by atoms with van der Waals surface area (Å²) in [5.74, 6) is -2.30. The van der Waals surface area contributed by atoms with E-state index in [1.54, 1.807) is 6.92 Å². The van der Waals surface area contributed by atoms with E-state index in [1.165, 1.54) is 18.7 Å². The predicted molar refractivity (Wildman–Crippen MR) is 66.1 cm³/mol. The summed E-state index contributed by atoms with van der Waals surface area (Å²) in [6.45, 7) is 4.45. The summed E-state index contributed by atoms with van der Waals surface area (Å²) >= 11 is 0. The highest BCUT2D eigenvalue weighted by Gasteiger charge is 2.36. The van der Waals surface area contributed by atoms with Crippen LogP contribution in [0.2, 0.25) is 0 Å². The maximum absolute atomic E-state index is 13.9. The van der Waals surface area contributed by atoms with E-state index in [9.17, 15) is 22.4 Å². The Labute approximate surface area is 113 Å². The quantitative estimate of drug-likeness (QED) is 0.863. The van der Waals surface area contributed by atoms with Gasteiger partial charge in [-0.05, 0) is 39.0 Å². The van der Waals surface area contributed by atoms with Crippen LogP contribution >= 0.6 is 0 Å². The lowest BCUT2D eigenvalue weighted by Gasteiger charge is -2.36. The molecule has 1 aromatic rings. The zero-order chi connectivity index (χ0) is 15.7. The maximum atomic E-state index is 13.9. The summed E-state index contributed by atoms with van der Waals surface area (Å²) in [5, 5.41) is 9.13. The zero-order valence-corrected chi connectivity index (χ0v) is 11.3. The number of benzene rings is 1. The van der Waals surface area contributed by atoms with Gasteiger partial charge >= 0.3 is 12.1 Å². The molecule has 1 aromatic carbocycles. The van der Waals surface area contributed by atoms with Crippen LogP contribution < -0.4 is 4.90 Å². The minimum Gasteiger partial charge on any atom is -0.480 e. The van der Waals surface area contributed by atoms with Crippen molar-refractivity contribution in [3.63, 3.8) is 0 Å². The van der Waals surface area contributed by atoms with Gasteiger partial charge in [-0.1, -0.05) is 0 Å². The Morgan fingerprint density at radius 1 is 1.30 bits per heavy atom. The molecule has 20 heavy (non-hydrogen) atoms. The van der Waals surface area contributed by atoms with Gasteiger partial charge in [0.25, 0.3) is 0 Å². The van der Waals surface area contributed by atoms with Crippen LogP contribution in [0.5, 0.6) is 0 Å². The maximum Gasteiger partial charge on any atom is 0.416 e. The summed E-state index contributed by atoms with van der Waals surface area (Å²) in [7, 11) is 0. The SMILES string of the molecule is CCN(c1ccc(C(F)(F)F)cc1F)C(C)(C)C(=O)O. The summed E-state index contributed by atoms with van der Waals surface area (Å²) in [6, 6.07) is 2.06. The first kappa shape index (κ1) is 16.3. The van der Waals surface area contributed by atoms with E-state index >= 15 is 0 Å². The van der Waals surface area contributed by atoms with Gasteiger partial charge in [0.05, 0.1) is 11.3 Å². The lowest BCUT2D eigenvalue weighted by molar-refractivity contribution is -0.142. The molecule has 0 fully saturated rings. The van der Waals surface area contributed by atoms with Crippen molar-refractivity contribution in [1.82, 2.24) is 0 Å². The van der Waals surface area contributed by atoms with E-state index in [1.807, 2.05) is 0 Å². The number of anilines is 1. The standard InChI is InChI=1S/C13H15F4NO2/c1-4-18(12(2,3)11(19)20)10-6-5-8(7-9(10)14)13(15,16)17/h5-7H,4H2,1-3H3,(H,19,20). The van der Waals surface area contributed by atoms with Crippen LogP contribution in [0.15, 0.2) is 18.2 Å². The normalized spacial score (nSPS) is 12.3. The number of rotatable bonds is 4. The van der Waals surface area contributed by atoms with Gasteiger partial charge in [-0.3, -0.25) is 0 Å². The van der Waals surface area contributed by atoms with Crippen molar-refractivity contribution in [1.29, 1.82) is 0 Å². The summed E-state index contributed by atoms with van der Waals surface area (Å²) in [6.07, 6.45) is -4.64. The molecule has 0 radical (unpaired) electrons. The molecule has 0 heterocycles. The molecule has 0 unspecified atom stereocenters. The highest BCUT2D eigenvalue weighted by atomic mass is 19.4. The molecular weight excluding hydrogens is 278 g/mol. The Kier molecular flexibility index (Phi) is 4.31. The second-order valence-electron chi connectivity index (χ2n) is 4.77. The Balaban J connectivity index is 3.29. The second-order valence-corrected chi connectivity index (χ2v) is 4.77. The van der Waals surface area contributed by atoms with E-state index in [2.05, 4.69) is 0 Å². The van der Waals surface area contributed by atoms with Gasteiger partial charge in [0, 0.05) is 6.54 Å². The lowest BCUT2D eigenvalue weighted by atomic mass is 10.0. The highest BCUT2D eigenvalue weighted by Crippen LogP contribution is 2.34. The topological polar surface area (TPSA) is 40.5 Å². The number of alkyl halides is 3. The second kappa shape index (κ2) is 5.30. The first-order valence-electron chi connectivity index (χ1n) is 5.89. The molecule has 0 aliphatic rings. The van der Waals surface area contributed by atoms with Gasteiger partial charge in [0.15, 0.2) is 0 Å². The van der Waals surface area contributed by atoms with Crippen LogP contribution in [0.25, 0.3) is 0 Å². The average Bonchev–Trinajstić information content (AvgIpc) is 2.30. The van der Waals surface area contributed by atoms with Gasteiger partial charge in [0.2, 0.25) is 0 Å². The van der Waals surface area contributed by atoms with Gasteiger partial charge in [-0.25, -0.2) is 9.18 Å². The van der Waals surface area contributed by atoms with E-state index < -0.39 is 29.1 Å². The van der Waals surface area contributed by atoms with Crippen molar-refractivity contribution in [3.8, 4) is 0 Å². The van der Waals surface area contributed by atoms with Crippen LogP contribution in [0.4, 0.5) is 23.2 Å². The number of carbonyl (C=O) groups is 1. The van der Waals surface area contributed by atoms with Crippen molar-refractivity contribution < 1.29 is 27.5 Å². The minimum atomic E-state index is -4.64. The summed E-state index contributed by atoms with van der Waals surface area (Å²) in [4.78, 5) is 12.4. The molecule has 0 bridgehead atoms. The third-order valence-electron chi connectivity index (χ3n) is 3.08. The number of carboxylic acid groups (broad SMARTS) is 1. The van der Waals surface area contributed by atoms with Gasteiger partial charge in [0.1, 0.15) is 11.4 Å². The number of nitrogens with zero attached hydrogens (tertiary/aromatic N) is 1. The molecule has 112 valence electrons. The fourth-order valence-electron chi connectivity index (χ4n) is 1.88. The van der Waals surface area contributed by atoms with Crippen molar-refractivity contribution >= 4 is 11.7 Å². The molecule has 3 nitrogen and oxygen atoms in total. The molecule has 0 aromatic heterocycles. The molecule has 0 aliphatic carbocycles. The number of carboxylic acids is 1. The lowest BCUT2D eigenvalue weighted by Crippen LogP contribution is -2.50. The minimum absolute atomic E-state index is 0.140. The smallest absolute Gasteiger partial charge is 0.416 e. The molecule has 0 spiro atoms. The van der Waals surface area contributed by atoms with Gasteiger partial charge < -0.3 is 10.0 Å². The van der Waals surface area contributed by atoms with Crippen molar-refractivity contribution in [2.75, 3.05) is 11.4 Å². The van der Waals surface area contributed by atoms with Crippen LogP contribution in [-0.4, -0.2) is 23.2 Å². The first-order chi connectivity index (χ1) is 9.01. The van der Waals surface area contributed by atoms with Crippen LogP contribution in [0, 0.1) is 5.82 Å². The molecular formula is C13H15F4NO2. The average molecular weight is 293 g/mol. The number of aliphatic carboxylic acids is 1. The number of halogens is 4. The first-order valence-corrected chi connectivity index (χ1v) is 5.89. The van der Waals surface area contributed by atoms with Crippen LogP contribution in [0.3, 0.4) is 0 Å². The molecule has 1 N–H and O–H groups in total. The Morgan fingerprint density at radius 3 is 2.20 bits per heavy atom. The van der Waals surface area contributed by atoms with Gasteiger partial charge in [-0.15, -0.1) is 0 Å². The summed E-state index contributed by atoms with van der Waals surface area (Å²) in [5.41, 5.74) is -2.72. The fourth-order valence-corrected chi connectivity index (χ4v) is 1.88. The Morgan fingerprint density at radius 2 is 1.85 bits per heavy atom. The Bertz CT molecular complexity index is 512. The third kappa shape index (κ3) is 3.02. The molecule has 7 heteroatoms. The number of hydrogen-bond acceptors (Lipinski definition) is 2. The molecule has 0 amide bonds. The molecule has 0 saturated carbocycles. The molecule has 1 rings (SSSR count). The van der Waals surface area contributed by atoms with Crippen molar-refractivity contribution in [3.05, 3.63) is 29.6 Å². The largest absolute Gasteiger partial charge is 0.480 e. The van der Waals surface area contributed by atoms with E-state index in [4.69, 9.17) is 5.11 Å². The predicted octanol–water partition coefficient (Wildman–Crippen LogP) is 3.53. The number of likely N-dealkylation sites (N-methyl/N-ethyl adjacent to an activating group) is 1. The monoisotopic (exact) mass is 293 g/mol. The van der Waals surface area contributed by atoms with Crippen molar-refractivity contribution in [2.45, 2.75) is 32.5 Å². The molecule has 0 atom stereocenters. The van der Waals surface area contributed by atoms with E-state index in [0.717, 1.165) is 12.1 Å². The highest BCUT2D eigenvalue weighted by molar-refractivity contribution is 5.82. The van der Waals surface area contributed by atoms with E-state index in [-0.39, 0.29) is 12.2 Å². The van der Waals surface area contributed by atoms with Crippen LogP contribution in [0.1, 0.15) is 26.3 Å². The van der Waals surface area contributed by atoms with Crippen molar-refractivity contribution in [2.24, 2.45) is 0 Å². The molecule has 0 aliphatic heterocycles. The number of hydrogen-bond donors (Lipinski definition) is 1. The van der Waals surface area contributed by atoms with E-state index in [0.29, 0.717) is 6.07 Å². The Hall–Kier alpha value is -1.79. The zero-order valence-electron chi connectivity index (χ0n) is 11.3. The van der Waals surface area contributed by atoms with Crippen LogP contribution in [-0.2, 0) is 11.0 Å². The van der Waals surface area contributed by atoms with Gasteiger partial charge in [-0.2, -0.15) is 13.2 Å².